The minimum absolute atomic E-state index is 0.0882. The van der Waals surface area contributed by atoms with Crippen LogP contribution in [0.25, 0.3) is 6.08 Å². The lowest BCUT2D eigenvalue weighted by Gasteiger charge is -2.34. The van der Waals surface area contributed by atoms with Crippen LogP contribution in [-0.4, -0.2) is 30.6 Å². The summed E-state index contributed by atoms with van der Waals surface area (Å²) in [7, 11) is 1.62. The standard InChI is InChI=1S/C24H25NO4/c1-15-23-17(13-25(14-28-23)18-8-4-5-9-18)11-19-22(26)21(29-24(15)19)12-16-7-3-6-10-20(16)27-2/h3,6-7,10-12,18H,4-5,8-9,13-14H2,1-2H3/b21-12-. The molecule has 0 unspecified atom stereocenters. The maximum absolute atomic E-state index is 13.1. The summed E-state index contributed by atoms with van der Waals surface area (Å²) in [4.78, 5) is 15.5. The summed E-state index contributed by atoms with van der Waals surface area (Å²) in [5.41, 5.74) is 3.42. The number of ketones is 1. The summed E-state index contributed by atoms with van der Waals surface area (Å²) in [6.45, 7) is 3.41. The Bertz CT molecular complexity index is 1000. The molecule has 0 aromatic heterocycles. The van der Waals surface area contributed by atoms with E-state index in [1.807, 2.05) is 37.3 Å². The van der Waals surface area contributed by atoms with Crippen molar-refractivity contribution in [3.05, 3.63) is 58.3 Å². The van der Waals surface area contributed by atoms with Crippen molar-refractivity contribution in [1.29, 1.82) is 0 Å². The summed E-state index contributed by atoms with van der Waals surface area (Å²) in [6, 6.07) is 10.1. The van der Waals surface area contributed by atoms with Crippen LogP contribution in [0.15, 0.2) is 36.1 Å². The molecular weight excluding hydrogens is 366 g/mol. The predicted molar refractivity (Wildman–Crippen MR) is 110 cm³/mol. The Morgan fingerprint density at radius 1 is 1.17 bits per heavy atom. The van der Waals surface area contributed by atoms with Gasteiger partial charge in [0.15, 0.2) is 5.76 Å². The second-order valence-electron chi connectivity index (χ2n) is 8.01. The van der Waals surface area contributed by atoms with Crippen LogP contribution in [0.3, 0.4) is 0 Å². The molecule has 0 N–H and O–H groups in total. The summed E-state index contributed by atoms with van der Waals surface area (Å²) in [5, 5.41) is 0. The van der Waals surface area contributed by atoms with Crippen LogP contribution in [0.5, 0.6) is 17.2 Å². The molecule has 2 aliphatic heterocycles. The van der Waals surface area contributed by atoms with Gasteiger partial charge in [-0.25, -0.2) is 0 Å². The molecule has 2 heterocycles. The van der Waals surface area contributed by atoms with Gasteiger partial charge in [-0.2, -0.15) is 0 Å². The van der Waals surface area contributed by atoms with Gasteiger partial charge in [-0.3, -0.25) is 9.69 Å². The van der Waals surface area contributed by atoms with Gasteiger partial charge in [0, 0.05) is 29.3 Å². The quantitative estimate of drug-likeness (QED) is 0.709. The van der Waals surface area contributed by atoms with Crippen molar-refractivity contribution < 1.29 is 19.0 Å². The van der Waals surface area contributed by atoms with Crippen molar-refractivity contribution in [3.8, 4) is 17.2 Å². The fourth-order valence-corrected chi connectivity index (χ4v) is 4.70. The maximum Gasteiger partial charge on any atom is 0.231 e. The molecule has 1 aliphatic carbocycles. The SMILES string of the molecule is COc1ccccc1/C=C1\Oc2c(cc3c(c2C)OCN(C2CCCC2)C3)C1=O. The van der Waals surface area contributed by atoms with Gasteiger partial charge in [0.1, 0.15) is 24.0 Å². The van der Waals surface area contributed by atoms with Gasteiger partial charge in [0.25, 0.3) is 0 Å². The van der Waals surface area contributed by atoms with Crippen LogP contribution >= 0.6 is 0 Å². The largest absolute Gasteiger partial charge is 0.496 e. The molecule has 3 aliphatic rings. The van der Waals surface area contributed by atoms with Crippen LogP contribution in [0.1, 0.15) is 52.7 Å². The van der Waals surface area contributed by atoms with Crippen molar-refractivity contribution in [1.82, 2.24) is 4.90 Å². The van der Waals surface area contributed by atoms with E-state index in [9.17, 15) is 4.79 Å². The number of ether oxygens (including phenoxy) is 3. The van der Waals surface area contributed by atoms with E-state index in [1.54, 1.807) is 13.2 Å². The molecule has 2 aromatic rings. The van der Waals surface area contributed by atoms with Crippen molar-refractivity contribution >= 4 is 11.9 Å². The van der Waals surface area contributed by atoms with Crippen molar-refractivity contribution in [2.24, 2.45) is 0 Å². The normalized spacial score (nSPS) is 20.3. The van der Waals surface area contributed by atoms with Crippen LogP contribution in [0, 0.1) is 6.92 Å². The van der Waals surface area contributed by atoms with Crippen LogP contribution in [-0.2, 0) is 6.54 Å². The number of Topliss-reactive ketones (excluding diaryl/α,β-unsaturated/α-hetero) is 1. The smallest absolute Gasteiger partial charge is 0.231 e. The highest BCUT2D eigenvalue weighted by Crippen LogP contribution is 2.44. The van der Waals surface area contributed by atoms with Gasteiger partial charge in [-0.15, -0.1) is 0 Å². The minimum Gasteiger partial charge on any atom is -0.496 e. The molecule has 2 aromatic carbocycles. The third kappa shape index (κ3) is 3.10. The number of benzene rings is 2. The van der Waals surface area contributed by atoms with Crippen molar-refractivity contribution in [2.75, 3.05) is 13.8 Å². The monoisotopic (exact) mass is 391 g/mol. The number of fused-ring (bicyclic) bond motifs is 2. The number of methoxy groups -OCH3 is 1. The minimum atomic E-state index is -0.0882. The molecule has 5 nitrogen and oxygen atoms in total. The lowest BCUT2D eigenvalue weighted by Crippen LogP contribution is -2.39. The Hall–Kier alpha value is -2.79. The molecule has 29 heavy (non-hydrogen) atoms. The van der Waals surface area contributed by atoms with Crippen molar-refractivity contribution in [2.45, 2.75) is 45.2 Å². The average molecular weight is 391 g/mol. The van der Waals surface area contributed by atoms with Gasteiger partial charge >= 0.3 is 0 Å². The first-order chi connectivity index (χ1) is 14.2. The van der Waals surface area contributed by atoms with E-state index < -0.39 is 0 Å². The molecule has 0 saturated heterocycles. The Morgan fingerprint density at radius 2 is 1.97 bits per heavy atom. The zero-order chi connectivity index (χ0) is 20.0. The first kappa shape index (κ1) is 18.3. The Labute approximate surface area is 170 Å². The van der Waals surface area contributed by atoms with Crippen molar-refractivity contribution in [3.63, 3.8) is 0 Å². The van der Waals surface area contributed by atoms with E-state index in [0.717, 1.165) is 29.0 Å². The second-order valence-corrected chi connectivity index (χ2v) is 8.01. The molecule has 0 radical (unpaired) electrons. The van der Waals surface area contributed by atoms with E-state index >= 15 is 0 Å². The third-order valence-electron chi connectivity index (χ3n) is 6.23. The highest BCUT2D eigenvalue weighted by atomic mass is 16.5. The Morgan fingerprint density at radius 3 is 2.76 bits per heavy atom. The highest BCUT2D eigenvalue weighted by molar-refractivity contribution is 6.15. The average Bonchev–Trinajstić information content (AvgIpc) is 3.38. The zero-order valence-corrected chi connectivity index (χ0v) is 16.9. The Kier molecular flexibility index (Phi) is 4.55. The molecule has 0 amide bonds. The molecule has 0 bridgehead atoms. The fourth-order valence-electron chi connectivity index (χ4n) is 4.70. The van der Waals surface area contributed by atoms with E-state index in [1.165, 1.54) is 25.7 Å². The molecule has 1 fully saturated rings. The van der Waals surface area contributed by atoms with Gasteiger partial charge < -0.3 is 14.2 Å². The van der Waals surface area contributed by atoms with E-state index in [4.69, 9.17) is 14.2 Å². The van der Waals surface area contributed by atoms with Gasteiger partial charge in [0.05, 0.1) is 12.7 Å². The molecule has 150 valence electrons. The lowest BCUT2D eigenvalue weighted by atomic mass is 9.99. The maximum atomic E-state index is 13.1. The van der Waals surface area contributed by atoms with E-state index in [0.29, 0.717) is 35.6 Å². The van der Waals surface area contributed by atoms with Crippen LogP contribution in [0.4, 0.5) is 0 Å². The molecule has 0 atom stereocenters. The zero-order valence-electron chi connectivity index (χ0n) is 16.9. The molecule has 0 spiro atoms. The van der Waals surface area contributed by atoms with Gasteiger partial charge in [0.2, 0.25) is 5.78 Å². The van der Waals surface area contributed by atoms with Crippen LogP contribution in [0.2, 0.25) is 0 Å². The number of rotatable bonds is 3. The molecule has 5 heteroatoms. The van der Waals surface area contributed by atoms with Gasteiger partial charge in [-0.1, -0.05) is 31.0 Å². The first-order valence-electron chi connectivity index (χ1n) is 10.3. The molecule has 5 rings (SSSR count). The van der Waals surface area contributed by atoms with Crippen LogP contribution < -0.4 is 14.2 Å². The topological polar surface area (TPSA) is 48.0 Å². The van der Waals surface area contributed by atoms with E-state index in [2.05, 4.69) is 4.90 Å². The number of allylic oxidation sites excluding steroid dienone is 1. The summed E-state index contributed by atoms with van der Waals surface area (Å²) >= 11 is 0. The number of hydrogen-bond acceptors (Lipinski definition) is 5. The fraction of sp³-hybridized carbons (Fsp3) is 0.375. The number of hydrogen-bond donors (Lipinski definition) is 0. The molecule has 1 saturated carbocycles. The number of carbonyl (C=O) groups excluding carboxylic acids is 1. The van der Waals surface area contributed by atoms with E-state index in [-0.39, 0.29) is 5.78 Å². The lowest BCUT2D eigenvalue weighted by molar-refractivity contribution is 0.0570. The number of nitrogens with zero attached hydrogens (tertiary/aromatic N) is 1. The third-order valence-corrected chi connectivity index (χ3v) is 6.23. The number of para-hydroxylation sites is 1. The second kappa shape index (κ2) is 7.23. The summed E-state index contributed by atoms with van der Waals surface area (Å²) in [5.74, 6) is 2.42. The molecular formula is C24H25NO4. The summed E-state index contributed by atoms with van der Waals surface area (Å²) in [6.07, 6.45) is 6.81. The number of carbonyl (C=O) groups is 1. The highest BCUT2D eigenvalue weighted by Gasteiger charge is 2.35. The van der Waals surface area contributed by atoms with Gasteiger partial charge in [-0.05, 0) is 38.0 Å². The summed E-state index contributed by atoms with van der Waals surface area (Å²) < 4.78 is 17.5. The predicted octanol–water partition coefficient (Wildman–Crippen LogP) is 4.71. The first-order valence-corrected chi connectivity index (χ1v) is 10.3. The Balaban J connectivity index is 1.48.